The van der Waals surface area contributed by atoms with Crippen LogP contribution in [0.2, 0.25) is 0 Å². The van der Waals surface area contributed by atoms with Crippen molar-refractivity contribution in [3.8, 4) is 0 Å². The predicted molar refractivity (Wildman–Crippen MR) is 66.0 cm³/mol. The third kappa shape index (κ3) is 2.15. The molecule has 3 heteroatoms. The van der Waals surface area contributed by atoms with Crippen molar-refractivity contribution in [2.24, 2.45) is 5.73 Å². The van der Waals surface area contributed by atoms with Crippen molar-refractivity contribution >= 4 is 23.1 Å². The quantitative estimate of drug-likeness (QED) is 0.857. The van der Waals surface area contributed by atoms with Crippen LogP contribution in [0.3, 0.4) is 0 Å². The van der Waals surface area contributed by atoms with Gasteiger partial charge in [-0.05, 0) is 30.2 Å². The summed E-state index contributed by atoms with van der Waals surface area (Å²) in [6.07, 6.45) is 3.55. The van der Waals surface area contributed by atoms with Gasteiger partial charge in [-0.25, -0.2) is 0 Å². The third-order valence-electron chi connectivity index (χ3n) is 2.61. The molecule has 0 aromatic carbocycles. The van der Waals surface area contributed by atoms with Crippen molar-refractivity contribution in [3.05, 3.63) is 21.4 Å². The van der Waals surface area contributed by atoms with E-state index in [2.05, 4.69) is 13.0 Å². The van der Waals surface area contributed by atoms with E-state index in [1.807, 2.05) is 23.1 Å². The van der Waals surface area contributed by atoms with Crippen LogP contribution in [0.25, 0.3) is 0 Å². The first-order chi connectivity index (χ1) is 6.81. The van der Waals surface area contributed by atoms with Crippen LogP contribution in [0, 0.1) is 0 Å². The van der Waals surface area contributed by atoms with Crippen LogP contribution in [-0.4, -0.2) is 5.75 Å². The van der Waals surface area contributed by atoms with Crippen LogP contribution in [0.5, 0.6) is 0 Å². The molecule has 2 rings (SSSR count). The highest BCUT2D eigenvalue weighted by molar-refractivity contribution is 7.98. The fourth-order valence-corrected chi connectivity index (χ4v) is 4.22. The van der Waals surface area contributed by atoms with E-state index in [4.69, 9.17) is 5.73 Å². The smallest absolute Gasteiger partial charge is 0.0389 e. The minimum atomic E-state index is 0.278. The Morgan fingerprint density at radius 1 is 1.57 bits per heavy atom. The Morgan fingerprint density at radius 2 is 2.43 bits per heavy atom. The molecule has 1 nitrogen and oxygen atoms in total. The molecule has 0 amide bonds. The number of thiophene rings is 1. The Hall–Kier alpha value is 0.01000. The van der Waals surface area contributed by atoms with E-state index >= 15 is 0 Å². The van der Waals surface area contributed by atoms with Crippen LogP contribution in [0.4, 0.5) is 0 Å². The molecule has 1 aliphatic heterocycles. The maximum absolute atomic E-state index is 6.12. The second-order valence-corrected chi connectivity index (χ2v) is 6.07. The Kier molecular flexibility index (Phi) is 3.52. The second-order valence-electron chi connectivity index (χ2n) is 3.79. The van der Waals surface area contributed by atoms with E-state index in [-0.39, 0.29) is 6.04 Å². The lowest BCUT2D eigenvalue weighted by molar-refractivity contribution is 0.648. The standard InChI is InChI=1S/C11H17NS2/c1-2-3-9(12)11-6-8-7-13-5-4-10(8)14-11/h6,9H,2-5,7,12H2,1H3. The van der Waals surface area contributed by atoms with E-state index in [1.165, 1.54) is 29.2 Å². The van der Waals surface area contributed by atoms with Crippen LogP contribution in [-0.2, 0) is 12.2 Å². The van der Waals surface area contributed by atoms with E-state index in [0.717, 1.165) is 6.42 Å². The van der Waals surface area contributed by atoms with Gasteiger partial charge in [0.05, 0.1) is 0 Å². The summed E-state index contributed by atoms with van der Waals surface area (Å²) >= 11 is 3.99. The highest BCUT2D eigenvalue weighted by Crippen LogP contribution is 2.34. The van der Waals surface area contributed by atoms with E-state index in [0.29, 0.717) is 0 Å². The van der Waals surface area contributed by atoms with Gasteiger partial charge in [0.2, 0.25) is 0 Å². The molecule has 2 N–H and O–H groups in total. The van der Waals surface area contributed by atoms with Gasteiger partial charge in [-0.3, -0.25) is 0 Å². The summed E-state index contributed by atoms with van der Waals surface area (Å²) in [5, 5.41) is 0. The summed E-state index contributed by atoms with van der Waals surface area (Å²) in [6, 6.07) is 2.62. The average molecular weight is 227 g/mol. The van der Waals surface area contributed by atoms with Crippen molar-refractivity contribution in [2.45, 2.75) is 38.0 Å². The van der Waals surface area contributed by atoms with Crippen LogP contribution < -0.4 is 5.73 Å². The Labute approximate surface area is 94.1 Å². The lowest BCUT2D eigenvalue weighted by Gasteiger charge is -2.08. The summed E-state index contributed by atoms with van der Waals surface area (Å²) in [5.74, 6) is 2.49. The summed E-state index contributed by atoms with van der Waals surface area (Å²) in [7, 11) is 0. The van der Waals surface area contributed by atoms with Crippen LogP contribution in [0.1, 0.15) is 41.1 Å². The monoisotopic (exact) mass is 227 g/mol. The van der Waals surface area contributed by atoms with Crippen LogP contribution in [0.15, 0.2) is 6.07 Å². The van der Waals surface area contributed by atoms with Crippen molar-refractivity contribution < 1.29 is 0 Å². The Bertz CT molecular complexity index is 283. The Balaban J connectivity index is 2.15. The first-order valence-electron chi connectivity index (χ1n) is 5.26. The number of thioether (sulfide) groups is 1. The summed E-state index contributed by atoms with van der Waals surface area (Å²) in [4.78, 5) is 2.99. The number of fused-ring (bicyclic) bond motifs is 1. The number of nitrogens with two attached hydrogens (primary N) is 1. The minimum absolute atomic E-state index is 0.278. The molecule has 0 saturated heterocycles. The summed E-state index contributed by atoms with van der Waals surface area (Å²) in [5.41, 5.74) is 7.67. The third-order valence-corrected chi connectivity index (χ3v) is 4.99. The van der Waals surface area contributed by atoms with Crippen LogP contribution >= 0.6 is 23.1 Å². The van der Waals surface area contributed by atoms with Gasteiger partial charge in [0.1, 0.15) is 0 Å². The highest BCUT2D eigenvalue weighted by Gasteiger charge is 2.16. The van der Waals surface area contributed by atoms with Gasteiger partial charge >= 0.3 is 0 Å². The zero-order chi connectivity index (χ0) is 9.97. The molecule has 0 fully saturated rings. The van der Waals surface area contributed by atoms with Gasteiger partial charge in [-0.15, -0.1) is 11.3 Å². The van der Waals surface area contributed by atoms with Gasteiger partial charge in [-0.2, -0.15) is 11.8 Å². The molecule has 0 radical (unpaired) electrons. The van der Waals surface area contributed by atoms with Gasteiger partial charge < -0.3 is 5.73 Å². The van der Waals surface area contributed by atoms with Gasteiger partial charge in [0, 0.05) is 21.5 Å². The molecule has 14 heavy (non-hydrogen) atoms. The second kappa shape index (κ2) is 4.69. The zero-order valence-corrected chi connectivity index (χ0v) is 10.2. The normalized spacial score (nSPS) is 17.9. The highest BCUT2D eigenvalue weighted by atomic mass is 32.2. The first kappa shape index (κ1) is 10.5. The molecular formula is C11H17NS2. The lowest BCUT2D eigenvalue weighted by Crippen LogP contribution is -2.07. The molecular weight excluding hydrogens is 210 g/mol. The molecule has 1 aromatic heterocycles. The van der Waals surface area contributed by atoms with Crippen molar-refractivity contribution in [3.63, 3.8) is 0 Å². The fourth-order valence-electron chi connectivity index (χ4n) is 1.81. The fraction of sp³-hybridized carbons (Fsp3) is 0.636. The lowest BCUT2D eigenvalue weighted by atomic mass is 10.1. The Morgan fingerprint density at radius 3 is 3.14 bits per heavy atom. The molecule has 1 unspecified atom stereocenters. The largest absolute Gasteiger partial charge is 0.323 e. The molecule has 0 aliphatic carbocycles. The molecule has 0 bridgehead atoms. The maximum Gasteiger partial charge on any atom is 0.0389 e. The molecule has 1 aliphatic rings. The van der Waals surface area contributed by atoms with Crippen molar-refractivity contribution in [2.75, 3.05) is 5.75 Å². The molecule has 1 atom stereocenters. The number of aryl methyl sites for hydroxylation is 1. The molecule has 0 saturated carbocycles. The minimum Gasteiger partial charge on any atom is -0.323 e. The molecule has 0 spiro atoms. The van der Waals surface area contributed by atoms with Crippen molar-refractivity contribution in [1.29, 1.82) is 0 Å². The van der Waals surface area contributed by atoms with Gasteiger partial charge in [0.15, 0.2) is 0 Å². The number of rotatable bonds is 3. The molecule has 78 valence electrons. The topological polar surface area (TPSA) is 26.0 Å². The average Bonchev–Trinajstić information content (AvgIpc) is 2.61. The molecule has 2 heterocycles. The van der Waals surface area contributed by atoms with E-state index < -0.39 is 0 Å². The summed E-state index contributed by atoms with van der Waals surface area (Å²) in [6.45, 7) is 2.20. The zero-order valence-electron chi connectivity index (χ0n) is 8.58. The first-order valence-corrected chi connectivity index (χ1v) is 7.23. The van der Waals surface area contributed by atoms with Gasteiger partial charge in [-0.1, -0.05) is 13.3 Å². The molecule has 1 aromatic rings. The van der Waals surface area contributed by atoms with E-state index in [1.54, 1.807) is 10.4 Å². The van der Waals surface area contributed by atoms with Crippen molar-refractivity contribution in [1.82, 2.24) is 0 Å². The van der Waals surface area contributed by atoms with Gasteiger partial charge in [0.25, 0.3) is 0 Å². The van der Waals surface area contributed by atoms with E-state index in [9.17, 15) is 0 Å². The summed E-state index contributed by atoms with van der Waals surface area (Å²) < 4.78 is 0. The SMILES string of the molecule is CCCC(N)c1cc2c(s1)CCSC2. The number of hydrogen-bond donors (Lipinski definition) is 1. The predicted octanol–water partition coefficient (Wildman–Crippen LogP) is 3.34. The maximum atomic E-state index is 6.12. The number of hydrogen-bond acceptors (Lipinski definition) is 3.